The zero-order chi connectivity index (χ0) is 19.9. The molecule has 7 heteroatoms. The van der Waals surface area contributed by atoms with E-state index in [1.165, 1.54) is 5.69 Å². The quantitative estimate of drug-likeness (QED) is 0.792. The fraction of sp³-hybridized carbons (Fsp3) is 0.476. The number of carbonyl (C=O) groups excluding carboxylic acids is 1. The molecule has 1 aromatic heterocycles. The molecule has 1 amide bonds. The highest BCUT2D eigenvalue weighted by Crippen LogP contribution is 2.21. The maximum absolute atomic E-state index is 12.1. The lowest BCUT2D eigenvalue weighted by atomic mass is 10.1. The molecule has 1 N–H and O–H groups in total. The number of amides is 1. The van der Waals surface area contributed by atoms with Crippen LogP contribution in [0.3, 0.4) is 0 Å². The van der Waals surface area contributed by atoms with Crippen molar-refractivity contribution in [1.82, 2.24) is 15.5 Å². The largest absolute Gasteiger partial charge is 0.497 e. The summed E-state index contributed by atoms with van der Waals surface area (Å²) in [5.74, 6) is 2.08. The Morgan fingerprint density at radius 3 is 2.29 bits per heavy atom. The van der Waals surface area contributed by atoms with Gasteiger partial charge in [-0.2, -0.15) is 0 Å². The first kappa shape index (κ1) is 19.9. The van der Waals surface area contributed by atoms with Gasteiger partial charge in [0, 0.05) is 38.4 Å². The van der Waals surface area contributed by atoms with Gasteiger partial charge in [0.1, 0.15) is 5.75 Å². The second-order valence-corrected chi connectivity index (χ2v) is 7.39. The van der Waals surface area contributed by atoms with Crippen LogP contribution in [-0.4, -0.2) is 55.9 Å². The molecular formula is C21H29N5O2. The third-order valence-electron chi connectivity index (χ3n) is 4.93. The van der Waals surface area contributed by atoms with E-state index in [2.05, 4.69) is 51.3 Å². The number of benzene rings is 1. The zero-order valence-corrected chi connectivity index (χ0v) is 16.9. The van der Waals surface area contributed by atoms with Crippen LogP contribution in [-0.2, 0) is 0 Å². The van der Waals surface area contributed by atoms with Gasteiger partial charge in [0.15, 0.2) is 11.5 Å². The second-order valence-electron chi connectivity index (χ2n) is 7.39. The highest BCUT2D eigenvalue weighted by atomic mass is 16.5. The standard InChI is InChI=1S/C21H29N5O2/c1-16(2)10-11-22-21(27)19-8-9-20(24-23-19)26-14-12-25(13-15-26)17-4-6-18(28-3)7-5-17/h4-9,16H,10-15H2,1-3H3,(H,22,27). The summed E-state index contributed by atoms with van der Waals surface area (Å²) in [5.41, 5.74) is 1.56. The second kappa shape index (κ2) is 9.39. The number of carbonyl (C=O) groups is 1. The third-order valence-corrected chi connectivity index (χ3v) is 4.93. The van der Waals surface area contributed by atoms with E-state index >= 15 is 0 Å². The molecule has 0 aliphatic carbocycles. The minimum atomic E-state index is -0.163. The number of hydrogen-bond acceptors (Lipinski definition) is 6. The number of nitrogens with one attached hydrogen (secondary N) is 1. The van der Waals surface area contributed by atoms with Crippen LogP contribution in [0.2, 0.25) is 0 Å². The molecule has 3 rings (SSSR count). The molecule has 1 aliphatic rings. The van der Waals surface area contributed by atoms with Crippen molar-refractivity contribution < 1.29 is 9.53 Å². The molecule has 28 heavy (non-hydrogen) atoms. The highest BCUT2D eigenvalue weighted by Gasteiger charge is 2.19. The van der Waals surface area contributed by atoms with Crippen LogP contribution in [0.15, 0.2) is 36.4 Å². The van der Waals surface area contributed by atoms with Crippen molar-refractivity contribution >= 4 is 17.4 Å². The van der Waals surface area contributed by atoms with Gasteiger partial charge >= 0.3 is 0 Å². The normalized spacial score (nSPS) is 14.3. The van der Waals surface area contributed by atoms with E-state index in [1.54, 1.807) is 13.2 Å². The molecule has 0 bridgehead atoms. The molecule has 1 saturated heterocycles. The van der Waals surface area contributed by atoms with Gasteiger partial charge in [0.2, 0.25) is 0 Å². The smallest absolute Gasteiger partial charge is 0.271 e. The lowest BCUT2D eigenvalue weighted by Gasteiger charge is -2.36. The van der Waals surface area contributed by atoms with E-state index in [0.717, 1.165) is 44.2 Å². The molecule has 2 heterocycles. The number of ether oxygens (including phenoxy) is 1. The number of piperazine rings is 1. The Morgan fingerprint density at radius 2 is 1.71 bits per heavy atom. The summed E-state index contributed by atoms with van der Waals surface area (Å²) < 4.78 is 5.22. The summed E-state index contributed by atoms with van der Waals surface area (Å²) in [6, 6.07) is 11.8. The molecule has 1 aromatic carbocycles. The summed E-state index contributed by atoms with van der Waals surface area (Å²) in [7, 11) is 1.68. The van der Waals surface area contributed by atoms with Crippen molar-refractivity contribution in [1.29, 1.82) is 0 Å². The third kappa shape index (κ3) is 5.12. The number of hydrogen-bond donors (Lipinski definition) is 1. The van der Waals surface area contributed by atoms with Crippen LogP contribution in [0.4, 0.5) is 11.5 Å². The molecule has 0 unspecified atom stereocenters. The van der Waals surface area contributed by atoms with Gasteiger partial charge < -0.3 is 19.9 Å². The summed E-state index contributed by atoms with van der Waals surface area (Å²) in [6.45, 7) is 8.47. The van der Waals surface area contributed by atoms with Gasteiger partial charge in [0.05, 0.1) is 7.11 Å². The number of rotatable bonds is 7. The van der Waals surface area contributed by atoms with Crippen LogP contribution in [0.25, 0.3) is 0 Å². The molecular weight excluding hydrogens is 354 g/mol. The van der Waals surface area contributed by atoms with Gasteiger partial charge in [-0.05, 0) is 48.7 Å². The Bertz CT molecular complexity index is 753. The minimum absolute atomic E-state index is 0.163. The Hall–Kier alpha value is -2.83. The number of aromatic nitrogens is 2. The highest BCUT2D eigenvalue weighted by molar-refractivity contribution is 5.92. The Labute approximate surface area is 166 Å². The van der Waals surface area contributed by atoms with E-state index in [0.29, 0.717) is 18.2 Å². The predicted molar refractivity (Wildman–Crippen MR) is 111 cm³/mol. The molecule has 0 spiro atoms. The van der Waals surface area contributed by atoms with Gasteiger partial charge in [-0.15, -0.1) is 10.2 Å². The SMILES string of the molecule is COc1ccc(N2CCN(c3ccc(C(=O)NCCC(C)C)nn3)CC2)cc1. The lowest BCUT2D eigenvalue weighted by Crippen LogP contribution is -2.47. The first-order chi connectivity index (χ1) is 13.6. The molecule has 0 saturated carbocycles. The predicted octanol–water partition coefficient (Wildman–Crippen LogP) is 2.59. The van der Waals surface area contributed by atoms with Crippen molar-refractivity contribution in [2.75, 3.05) is 49.6 Å². The average molecular weight is 383 g/mol. The van der Waals surface area contributed by atoms with Crippen LogP contribution < -0.4 is 19.9 Å². The van der Waals surface area contributed by atoms with Crippen LogP contribution in [0.1, 0.15) is 30.8 Å². The van der Waals surface area contributed by atoms with E-state index in [1.807, 2.05) is 18.2 Å². The monoisotopic (exact) mass is 383 g/mol. The number of anilines is 2. The fourth-order valence-corrected chi connectivity index (χ4v) is 3.17. The molecule has 0 radical (unpaired) electrons. The zero-order valence-electron chi connectivity index (χ0n) is 16.9. The first-order valence-electron chi connectivity index (χ1n) is 9.82. The topological polar surface area (TPSA) is 70.6 Å². The Morgan fingerprint density at radius 1 is 1.04 bits per heavy atom. The van der Waals surface area contributed by atoms with Crippen molar-refractivity contribution in [3.05, 3.63) is 42.1 Å². The summed E-state index contributed by atoms with van der Waals surface area (Å²) in [5, 5.41) is 11.3. The lowest BCUT2D eigenvalue weighted by molar-refractivity contribution is 0.0946. The van der Waals surface area contributed by atoms with E-state index in [4.69, 9.17) is 4.74 Å². The minimum Gasteiger partial charge on any atom is -0.497 e. The van der Waals surface area contributed by atoms with Crippen molar-refractivity contribution in [2.45, 2.75) is 20.3 Å². The Balaban J connectivity index is 1.52. The van der Waals surface area contributed by atoms with Crippen molar-refractivity contribution in [3.63, 3.8) is 0 Å². The van der Waals surface area contributed by atoms with Crippen LogP contribution >= 0.6 is 0 Å². The van der Waals surface area contributed by atoms with Gasteiger partial charge in [-0.1, -0.05) is 13.8 Å². The van der Waals surface area contributed by atoms with Crippen LogP contribution in [0.5, 0.6) is 5.75 Å². The van der Waals surface area contributed by atoms with Gasteiger partial charge in [0.25, 0.3) is 5.91 Å². The summed E-state index contributed by atoms with van der Waals surface area (Å²) >= 11 is 0. The van der Waals surface area contributed by atoms with Crippen molar-refractivity contribution in [2.24, 2.45) is 5.92 Å². The number of methoxy groups -OCH3 is 1. The van der Waals surface area contributed by atoms with Crippen molar-refractivity contribution in [3.8, 4) is 5.75 Å². The van der Waals surface area contributed by atoms with E-state index in [-0.39, 0.29) is 5.91 Å². The summed E-state index contributed by atoms with van der Waals surface area (Å²) in [6.07, 6.45) is 0.954. The fourth-order valence-electron chi connectivity index (χ4n) is 3.17. The summed E-state index contributed by atoms with van der Waals surface area (Å²) in [4.78, 5) is 16.7. The molecule has 1 fully saturated rings. The van der Waals surface area contributed by atoms with Gasteiger partial charge in [-0.25, -0.2) is 0 Å². The maximum Gasteiger partial charge on any atom is 0.271 e. The maximum atomic E-state index is 12.1. The van der Waals surface area contributed by atoms with Crippen LogP contribution in [0, 0.1) is 5.92 Å². The average Bonchev–Trinajstić information content (AvgIpc) is 2.74. The molecule has 2 aromatic rings. The molecule has 7 nitrogen and oxygen atoms in total. The van der Waals surface area contributed by atoms with E-state index < -0.39 is 0 Å². The molecule has 150 valence electrons. The van der Waals surface area contributed by atoms with Gasteiger partial charge in [-0.3, -0.25) is 4.79 Å². The van der Waals surface area contributed by atoms with E-state index in [9.17, 15) is 4.79 Å². The number of nitrogens with zero attached hydrogens (tertiary/aromatic N) is 4. The molecule has 1 aliphatic heterocycles. The molecule has 0 atom stereocenters. The first-order valence-corrected chi connectivity index (χ1v) is 9.82. The Kier molecular flexibility index (Phi) is 6.68.